The molecule has 64 valence electrons. The quantitative estimate of drug-likeness (QED) is 0.591. The van der Waals surface area contributed by atoms with Crippen molar-refractivity contribution in [3.63, 3.8) is 0 Å². The Kier molecular flexibility index (Phi) is 9.18. The second-order valence-corrected chi connectivity index (χ2v) is 3.21. The Morgan fingerprint density at radius 3 is 1.55 bits per heavy atom. The summed E-state index contributed by atoms with van der Waals surface area (Å²) in [5, 5.41) is 0. The molecule has 0 aliphatic rings. The van der Waals surface area contributed by atoms with E-state index >= 15 is 0 Å². The first-order valence-electron chi connectivity index (χ1n) is 4.05. The van der Waals surface area contributed by atoms with Gasteiger partial charge in [-0.1, -0.05) is 0 Å². The minimum atomic E-state index is 0. The number of rotatable bonds is 4. The van der Waals surface area contributed by atoms with Crippen LogP contribution < -0.4 is 5.73 Å². The summed E-state index contributed by atoms with van der Waals surface area (Å²) in [6.45, 7) is 10.6. The Morgan fingerprint density at radius 2 is 1.45 bits per heavy atom. The van der Waals surface area contributed by atoms with Gasteiger partial charge in [0.2, 0.25) is 0 Å². The molecule has 0 aromatic rings. The maximum atomic E-state index is 5.46. The fourth-order valence-corrected chi connectivity index (χ4v) is 1.26. The van der Waals surface area contributed by atoms with Crippen LogP contribution in [-0.2, 0) is 0 Å². The molecule has 0 spiro atoms. The van der Waals surface area contributed by atoms with Gasteiger partial charge in [0.15, 0.2) is 0 Å². The number of nitrogens with two attached hydrogens (primary N) is 1. The topological polar surface area (TPSA) is 29.3 Å². The summed E-state index contributed by atoms with van der Waals surface area (Å²) in [5.41, 5.74) is 5.46. The van der Waals surface area contributed by atoms with E-state index in [4.69, 9.17) is 5.73 Å². The third kappa shape index (κ3) is 5.75. The van der Waals surface area contributed by atoms with Crippen molar-refractivity contribution in [3.05, 3.63) is 0 Å². The van der Waals surface area contributed by atoms with E-state index in [9.17, 15) is 0 Å². The molecule has 0 aromatic heterocycles. The fraction of sp³-hybridized carbons (Fsp3) is 1.00. The summed E-state index contributed by atoms with van der Waals surface area (Å²) in [6.07, 6.45) is 0. The second kappa shape index (κ2) is 7.18. The zero-order valence-electron chi connectivity index (χ0n) is 7.59. The summed E-state index contributed by atoms with van der Waals surface area (Å²) < 4.78 is 0. The molecule has 3 heteroatoms. The molecule has 0 rings (SSSR count). The summed E-state index contributed by atoms with van der Waals surface area (Å²) in [4.78, 5) is 2.39. The molecule has 2 N–H and O–H groups in total. The molecular weight excluding hydrogens is 131 g/mol. The van der Waals surface area contributed by atoms with Crippen LogP contribution in [0.4, 0.5) is 0 Å². The zero-order valence-corrected chi connectivity index (χ0v) is 7.59. The Bertz CT molecular complexity index is 76.2. The van der Waals surface area contributed by atoms with Crippen LogP contribution in [0.5, 0.6) is 0 Å². The van der Waals surface area contributed by atoms with Gasteiger partial charge in [-0.15, -0.1) is 0 Å². The Hall–Kier alpha value is 0.517. The van der Waals surface area contributed by atoms with Crippen molar-refractivity contribution in [1.82, 2.24) is 4.90 Å². The van der Waals surface area contributed by atoms with Crippen LogP contribution in [0.15, 0.2) is 0 Å². The van der Waals surface area contributed by atoms with Gasteiger partial charge >= 0.3 is 18.9 Å². The van der Waals surface area contributed by atoms with Crippen LogP contribution in [0.25, 0.3) is 0 Å². The molecule has 0 bridgehead atoms. The molecule has 11 heavy (non-hydrogen) atoms. The van der Waals surface area contributed by atoms with Crippen LogP contribution in [-0.4, -0.2) is 48.9 Å². The van der Waals surface area contributed by atoms with Crippen molar-refractivity contribution >= 4 is 18.9 Å². The molecule has 0 aliphatic heterocycles. The monoisotopic (exact) mass is 152 g/mol. The van der Waals surface area contributed by atoms with E-state index < -0.39 is 0 Å². The van der Waals surface area contributed by atoms with Gasteiger partial charge in [0, 0.05) is 25.2 Å². The van der Waals surface area contributed by atoms with Crippen molar-refractivity contribution in [2.45, 2.75) is 39.8 Å². The Labute approximate surface area is 82.7 Å². The Balaban J connectivity index is 0. The first kappa shape index (κ1) is 14.1. The van der Waals surface area contributed by atoms with Gasteiger partial charge in [0.1, 0.15) is 0 Å². The second-order valence-electron chi connectivity index (χ2n) is 3.21. The normalized spacial score (nSPS) is 10.9. The van der Waals surface area contributed by atoms with E-state index in [1.807, 2.05) is 0 Å². The van der Waals surface area contributed by atoms with Crippen molar-refractivity contribution < 1.29 is 0 Å². The van der Waals surface area contributed by atoms with Crippen LogP contribution >= 0.6 is 0 Å². The van der Waals surface area contributed by atoms with E-state index in [2.05, 4.69) is 32.6 Å². The van der Waals surface area contributed by atoms with E-state index in [-0.39, 0.29) is 18.9 Å². The van der Waals surface area contributed by atoms with E-state index in [1.54, 1.807) is 0 Å². The van der Waals surface area contributed by atoms with Gasteiger partial charge in [-0.05, 0) is 27.7 Å². The van der Waals surface area contributed by atoms with Crippen molar-refractivity contribution in [2.24, 2.45) is 5.73 Å². The van der Waals surface area contributed by atoms with E-state index in [0.29, 0.717) is 12.1 Å². The summed E-state index contributed by atoms with van der Waals surface area (Å²) in [7, 11) is 0. The first-order chi connectivity index (χ1) is 4.59. The van der Waals surface area contributed by atoms with Crippen molar-refractivity contribution in [1.29, 1.82) is 0 Å². The number of hydrogen-bond donors (Lipinski definition) is 1. The average Bonchev–Trinajstić information content (AvgIpc) is 1.81. The van der Waals surface area contributed by atoms with Gasteiger partial charge in [-0.3, -0.25) is 4.90 Å². The average molecular weight is 152 g/mol. The predicted molar refractivity (Wildman–Crippen MR) is 53.2 cm³/mol. The molecule has 0 saturated carbocycles. The van der Waals surface area contributed by atoms with Gasteiger partial charge in [-0.2, -0.15) is 0 Å². The summed E-state index contributed by atoms with van der Waals surface area (Å²) >= 11 is 0. The van der Waals surface area contributed by atoms with Crippen molar-refractivity contribution in [3.8, 4) is 0 Å². The molecule has 0 saturated heterocycles. The summed E-state index contributed by atoms with van der Waals surface area (Å²) in [6, 6.07) is 1.23. The molecule has 0 fully saturated rings. The summed E-state index contributed by atoms with van der Waals surface area (Å²) in [5.74, 6) is 0. The van der Waals surface area contributed by atoms with Crippen LogP contribution in [0.1, 0.15) is 27.7 Å². The molecule has 0 atom stereocenters. The van der Waals surface area contributed by atoms with Gasteiger partial charge in [0.05, 0.1) is 0 Å². The molecule has 0 aliphatic carbocycles. The minimum absolute atomic E-state index is 0. The first-order valence-corrected chi connectivity index (χ1v) is 4.05. The van der Waals surface area contributed by atoms with Gasteiger partial charge < -0.3 is 5.73 Å². The molecule has 0 heterocycles. The number of hydrogen-bond acceptors (Lipinski definition) is 2. The third-order valence-corrected chi connectivity index (χ3v) is 1.71. The molecule has 0 unspecified atom stereocenters. The van der Waals surface area contributed by atoms with Crippen LogP contribution in [0.3, 0.4) is 0 Å². The number of nitrogens with zero attached hydrogens (tertiary/aromatic N) is 1. The predicted octanol–water partition coefficient (Wildman–Crippen LogP) is 0.415. The van der Waals surface area contributed by atoms with E-state index in [1.165, 1.54) is 0 Å². The maximum absolute atomic E-state index is 5.46. The molecule has 0 amide bonds. The third-order valence-electron chi connectivity index (χ3n) is 1.71. The standard InChI is InChI=1S/C8H20N2.Li.H/c1-7(2)10(6-5-9)8(3)4;;/h7-8H,5-6,9H2,1-4H3;;. The molecule has 0 aromatic carbocycles. The van der Waals surface area contributed by atoms with Gasteiger partial charge in [0.25, 0.3) is 0 Å². The fourth-order valence-electron chi connectivity index (χ4n) is 1.26. The molecule has 2 nitrogen and oxygen atoms in total. The van der Waals surface area contributed by atoms with Crippen LogP contribution in [0, 0.1) is 0 Å². The zero-order chi connectivity index (χ0) is 8.15. The van der Waals surface area contributed by atoms with Crippen LogP contribution in [0.2, 0.25) is 0 Å². The van der Waals surface area contributed by atoms with Gasteiger partial charge in [-0.25, -0.2) is 0 Å². The Morgan fingerprint density at radius 1 is 1.09 bits per heavy atom. The van der Waals surface area contributed by atoms with E-state index in [0.717, 1.165) is 13.1 Å². The molecule has 0 radical (unpaired) electrons. The van der Waals surface area contributed by atoms with Crippen molar-refractivity contribution in [2.75, 3.05) is 13.1 Å². The molecular formula is C8H21LiN2. The SMILES string of the molecule is CC(C)N(CCN)C(C)C.[LiH].